The number of amides is 2. The van der Waals surface area contributed by atoms with E-state index in [1.807, 2.05) is 29.2 Å². The minimum atomic E-state index is -0.232. The number of nitrogens with zero attached hydrogens (tertiary/aromatic N) is 1. The van der Waals surface area contributed by atoms with Gasteiger partial charge in [0, 0.05) is 25.8 Å². The fourth-order valence-corrected chi connectivity index (χ4v) is 3.89. The average molecular weight is 380 g/mol. The Kier molecular flexibility index (Phi) is 6.47. The highest BCUT2D eigenvalue weighted by Gasteiger charge is 2.27. The largest absolute Gasteiger partial charge is 0.380 e. The molecule has 0 bridgehead atoms. The molecular formula is C23H28N2O3. The third-order valence-electron chi connectivity index (χ3n) is 5.09. The molecule has 2 unspecified atom stereocenters. The van der Waals surface area contributed by atoms with Crippen LogP contribution in [0.4, 0.5) is 5.69 Å². The quantitative estimate of drug-likeness (QED) is 0.846. The van der Waals surface area contributed by atoms with Gasteiger partial charge in [-0.05, 0) is 48.1 Å². The summed E-state index contributed by atoms with van der Waals surface area (Å²) in [5.74, 6) is 0.717. The Bertz CT molecular complexity index is 822. The number of likely N-dealkylation sites (tertiary alicyclic amines) is 1. The van der Waals surface area contributed by atoms with Crippen molar-refractivity contribution in [2.75, 3.05) is 25.5 Å². The third kappa shape index (κ3) is 4.78. The second-order valence-corrected chi connectivity index (χ2v) is 7.79. The highest BCUT2D eigenvalue weighted by atomic mass is 16.5. The molecule has 2 amide bonds. The van der Waals surface area contributed by atoms with Gasteiger partial charge < -0.3 is 15.0 Å². The van der Waals surface area contributed by atoms with Gasteiger partial charge in [-0.15, -0.1) is 0 Å². The molecule has 0 aliphatic carbocycles. The van der Waals surface area contributed by atoms with Crippen LogP contribution < -0.4 is 5.32 Å². The molecule has 2 aromatic rings. The van der Waals surface area contributed by atoms with Crippen molar-refractivity contribution in [2.45, 2.75) is 26.9 Å². The lowest BCUT2D eigenvalue weighted by molar-refractivity contribution is 0.0624. The maximum absolute atomic E-state index is 13.1. The molecule has 3 rings (SSSR count). The number of carbonyl (C=O) groups is 2. The van der Waals surface area contributed by atoms with E-state index in [0.717, 1.165) is 25.1 Å². The van der Waals surface area contributed by atoms with Crippen LogP contribution in [0, 0.1) is 11.8 Å². The molecule has 28 heavy (non-hydrogen) atoms. The number of benzene rings is 2. The first-order chi connectivity index (χ1) is 13.5. The summed E-state index contributed by atoms with van der Waals surface area (Å²) < 4.78 is 5.10. The van der Waals surface area contributed by atoms with Gasteiger partial charge in [0.25, 0.3) is 11.8 Å². The molecule has 5 heteroatoms. The van der Waals surface area contributed by atoms with Crippen molar-refractivity contribution < 1.29 is 14.3 Å². The SMILES string of the molecule is COCc1ccc(C(=O)Nc2ccccc2C(=O)N2CC(C)CC(C)C2)cc1. The number of anilines is 1. The van der Waals surface area contributed by atoms with Crippen LogP contribution in [-0.2, 0) is 11.3 Å². The number of ether oxygens (including phenoxy) is 1. The van der Waals surface area contributed by atoms with Crippen molar-refractivity contribution in [1.29, 1.82) is 0 Å². The minimum Gasteiger partial charge on any atom is -0.380 e. The van der Waals surface area contributed by atoms with Crippen LogP contribution in [0.25, 0.3) is 0 Å². The summed E-state index contributed by atoms with van der Waals surface area (Å²) >= 11 is 0. The average Bonchev–Trinajstić information content (AvgIpc) is 2.68. The first kappa shape index (κ1) is 20.1. The maximum atomic E-state index is 13.1. The standard InChI is InChI=1S/C23H28N2O3/c1-16-12-17(2)14-25(13-16)23(27)20-6-4-5-7-21(20)24-22(26)19-10-8-18(9-11-19)15-28-3/h4-11,16-17H,12-15H2,1-3H3,(H,24,26). The fourth-order valence-electron chi connectivity index (χ4n) is 3.89. The molecule has 1 aliphatic heterocycles. The van der Waals surface area contributed by atoms with E-state index in [1.165, 1.54) is 0 Å². The smallest absolute Gasteiger partial charge is 0.255 e. The zero-order chi connectivity index (χ0) is 20.1. The Morgan fingerprint density at radius 2 is 1.68 bits per heavy atom. The highest BCUT2D eigenvalue weighted by molar-refractivity contribution is 6.09. The van der Waals surface area contributed by atoms with Crippen LogP contribution in [0.3, 0.4) is 0 Å². The lowest BCUT2D eigenvalue weighted by Crippen LogP contribution is -2.42. The Hall–Kier alpha value is -2.66. The molecule has 1 fully saturated rings. The van der Waals surface area contributed by atoms with Crippen LogP contribution in [-0.4, -0.2) is 36.9 Å². The molecule has 1 saturated heterocycles. The van der Waals surface area contributed by atoms with Crippen molar-refractivity contribution in [3.63, 3.8) is 0 Å². The molecule has 1 N–H and O–H groups in total. The summed E-state index contributed by atoms with van der Waals surface area (Å²) in [6, 6.07) is 14.5. The van der Waals surface area contributed by atoms with Gasteiger partial charge in [-0.2, -0.15) is 0 Å². The number of hydrogen-bond acceptors (Lipinski definition) is 3. The number of para-hydroxylation sites is 1. The molecule has 0 radical (unpaired) electrons. The molecule has 0 aromatic heterocycles. The molecule has 0 saturated carbocycles. The van der Waals surface area contributed by atoms with Gasteiger partial charge in [-0.1, -0.05) is 38.1 Å². The normalized spacial score (nSPS) is 19.3. The summed E-state index contributed by atoms with van der Waals surface area (Å²) in [6.07, 6.45) is 1.14. The first-order valence-corrected chi connectivity index (χ1v) is 9.75. The summed E-state index contributed by atoms with van der Waals surface area (Å²) in [6.45, 7) is 6.37. The second kappa shape index (κ2) is 9.02. The Morgan fingerprint density at radius 1 is 1.04 bits per heavy atom. The number of rotatable bonds is 5. The lowest BCUT2D eigenvalue weighted by atomic mass is 9.91. The van der Waals surface area contributed by atoms with E-state index >= 15 is 0 Å². The second-order valence-electron chi connectivity index (χ2n) is 7.79. The molecule has 1 aliphatic rings. The summed E-state index contributed by atoms with van der Waals surface area (Å²) in [5.41, 5.74) is 2.63. The highest BCUT2D eigenvalue weighted by Crippen LogP contribution is 2.25. The molecular weight excluding hydrogens is 352 g/mol. The van der Waals surface area contributed by atoms with Gasteiger partial charge in [0.1, 0.15) is 0 Å². The lowest BCUT2D eigenvalue weighted by Gasteiger charge is -2.35. The molecule has 0 spiro atoms. The topological polar surface area (TPSA) is 58.6 Å². The van der Waals surface area contributed by atoms with E-state index in [9.17, 15) is 9.59 Å². The van der Waals surface area contributed by atoms with E-state index in [0.29, 0.717) is 35.3 Å². The number of carbonyl (C=O) groups excluding carboxylic acids is 2. The Morgan fingerprint density at radius 3 is 2.32 bits per heavy atom. The van der Waals surface area contributed by atoms with Crippen LogP contribution in [0.1, 0.15) is 46.5 Å². The number of hydrogen-bond donors (Lipinski definition) is 1. The number of piperidine rings is 1. The molecule has 5 nitrogen and oxygen atoms in total. The predicted molar refractivity (Wildman–Crippen MR) is 110 cm³/mol. The molecule has 1 heterocycles. The van der Waals surface area contributed by atoms with E-state index in [-0.39, 0.29) is 11.8 Å². The van der Waals surface area contributed by atoms with E-state index in [1.54, 1.807) is 31.4 Å². The monoisotopic (exact) mass is 380 g/mol. The van der Waals surface area contributed by atoms with Gasteiger partial charge >= 0.3 is 0 Å². The zero-order valence-corrected chi connectivity index (χ0v) is 16.8. The Balaban J connectivity index is 1.76. The number of methoxy groups -OCH3 is 1. The molecule has 148 valence electrons. The van der Waals surface area contributed by atoms with E-state index in [2.05, 4.69) is 19.2 Å². The molecule has 2 aromatic carbocycles. The fraction of sp³-hybridized carbons (Fsp3) is 0.391. The van der Waals surface area contributed by atoms with Gasteiger partial charge in [-0.25, -0.2) is 0 Å². The van der Waals surface area contributed by atoms with E-state index in [4.69, 9.17) is 4.74 Å². The van der Waals surface area contributed by atoms with Crippen LogP contribution in [0.5, 0.6) is 0 Å². The van der Waals surface area contributed by atoms with Crippen LogP contribution in [0.2, 0.25) is 0 Å². The van der Waals surface area contributed by atoms with Crippen LogP contribution in [0.15, 0.2) is 48.5 Å². The van der Waals surface area contributed by atoms with Crippen molar-refractivity contribution in [3.05, 3.63) is 65.2 Å². The van der Waals surface area contributed by atoms with Crippen molar-refractivity contribution in [3.8, 4) is 0 Å². The van der Waals surface area contributed by atoms with Gasteiger partial charge in [0.15, 0.2) is 0 Å². The van der Waals surface area contributed by atoms with Gasteiger partial charge in [0.05, 0.1) is 17.9 Å². The van der Waals surface area contributed by atoms with E-state index < -0.39 is 0 Å². The minimum absolute atomic E-state index is 0.0234. The summed E-state index contributed by atoms with van der Waals surface area (Å²) in [4.78, 5) is 27.7. The van der Waals surface area contributed by atoms with Gasteiger partial charge in [-0.3, -0.25) is 9.59 Å². The van der Waals surface area contributed by atoms with Gasteiger partial charge in [0.2, 0.25) is 0 Å². The van der Waals surface area contributed by atoms with Crippen LogP contribution >= 0.6 is 0 Å². The predicted octanol–water partition coefficient (Wildman–Crippen LogP) is 4.20. The number of nitrogens with one attached hydrogen (secondary N) is 1. The zero-order valence-electron chi connectivity index (χ0n) is 16.8. The summed E-state index contributed by atoms with van der Waals surface area (Å²) in [5, 5.41) is 2.90. The maximum Gasteiger partial charge on any atom is 0.255 e. The van der Waals surface area contributed by atoms with Crippen molar-refractivity contribution >= 4 is 17.5 Å². The van der Waals surface area contributed by atoms with Crippen molar-refractivity contribution in [1.82, 2.24) is 4.90 Å². The first-order valence-electron chi connectivity index (χ1n) is 9.75. The molecule has 2 atom stereocenters. The third-order valence-corrected chi connectivity index (χ3v) is 5.09. The Labute approximate surface area is 166 Å². The van der Waals surface area contributed by atoms with Crippen molar-refractivity contribution in [2.24, 2.45) is 11.8 Å². The summed E-state index contributed by atoms with van der Waals surface area (Å²) in [7, 11) is 1.64.